The van der Waals surface area contributed by atoms with Crippen molar-refractivity contribution in [2.75, 3.05) is 10.6 Å². The van der Waals surface area contributed by atoms with Crippen LogP contribution in [0.25, 0.3) is 0 Å². The van der Waals surface area contributed by atoms with Gasteiger partial charge in [-0.1, -0.05) is 36.4 Å². The molecule has 29 heavy (non-hydrogen) atoms. The SMILES string of the molecule is O=C(Nc1ccccc1)c1cc(Nc2ccc(Oc3ccccc3)cc2)ncn1. The first-order chi connectivity index (χ1) is 14.3. The Balaban J connectivity index is 1.42. The average Bonchev–Trinajstić information content (AvgIpc) is 2.77. The predicted octanol–water partition coefficient (Wildman–Crippen LogP) is 5.26. The molecule has 0 aliphatic rings. The number of aromatic nitrogens is 2. The van der Waals surface area contributed by atoms with Gasteiger partial charge in [-0.05, 0) is 48.5 Å². The zero-order chi connectivity index (χ0) is 19.9. The summed E-state index contributed by atoms with van der Waals surface area (Å²) in [6, 6.07) is 27.9. The van der Waals surface area contributed by atoms with Gasteiger partial charge in [0.1, 0.15) is 29.3 Å². The van der Waals surface area contributed by atoms with E-state index in [0.717, 1.165) is 17.2 Å². The van der Waals surface area contributed by atoms with Gasteiger partial charge in [0.15, 0.2) is 0 Å². The summed E-state index contributed by atoms with van der Waals surface area (Å²) in [6.07, 6.45) is 1.36. The average molecular weight is 382 g/mol. The second kappa shape index (κ2) is 8.67. The van der Waals surface area contributed by atoms with Gasteiger partial charge < -0.3 is 15.4 Å². The molecule has 4 aromatic rings. The van der Waals surface area contributed by atoms with Gasteiger partial charge in [0.25, 0.3) is 5.91 Å². The van der Waals surface area contributed by atoms with E-state index in [1.54, 1.807) is 6.07 Å². The van der Waals surface area contributed by atoms with Crippen molar-refractivity contribution in [3.05, 3.63) is 103 Å². The lowest BCUT2D eigenvalue weighted by molar-refractivity contribution is 0.102. The number of ether oxygens (including phenoxy) is 1. The molecule has 6 heteroatoms. The molecule has 142 valence electrons. The summed E-state index contributed by atoms with van der Waals surface area (Å²) in [7, 11) is 0. The zero-order valence-corrected chi connectivity index (χ0v) is 15.4. The van der Waals surface area contributed by atoms with Gasteiger partial charge in [-0.25, -0.2) is 9.97 Å². The van der Waals surface area contributed by atoms with Crippen molar-refractivity contribution < 1.29 is 9.53 Å². The summed E-state index contributed by atoms with van der Waals surface area (Å²) in [6.45, 7) is 0. The van der Waals surface area contributed by atoms with Gasteiger partial charge in [0.05, 0.1) is 0 Å². The van der Waals surface area contributed by atoms with Crippen molar-refractivity contribution in [1.29, 1.82) is 0 Å². The van der Waals surface area contributed by atoms with Gasteiger partial charge in [0.2, 0.25) is 0 Å². The molecule has 4 rings (SSSR count). The number of carbonyl (C=O) groups is 1. The van der Waals surface area contributed by atoms with Gasteiger partial charge in [-0.3, -0.25) is 4.79 Å². The van der Waals surface area contributed by atoms with Crippen LogP contribution < -0.4 is 15.4 Å². The van der Waals surface area contributed by atoms with Crippen molar-refractivity contribution >= 4 is 23.1 Å². The number of hydrogen-bond donors (Lipinski definition) is 2. The highest BCUT2D eigenvalue weighted by Gasteiger charge is 2.09. The molecule has 0 unspecified atom stereocenters. The molecule has 3 aromatic carbocycles. The maximum Gasteiger partial charge on any atom is 0.274 e. The third-order valence-electron chi connectivity index (χ3n) is 4.04. The van der Waals surface area contributed by atoms with Crippen LogP contribution in [0.4, 0.5) is 17.2 Å². The van der Waals surface area contributed by atoms with Crippen LogP contribution in [0.3, 0.4) is 0 Å². The number of anilines is 3. The number of rotatable bonds is 6. The summed E-state index contributed by atoms with van der Waals surface area (Å²) in [5.41, 5.74) is 1.80. The highest BCUT2D eigenvalue weighted by Crippen LogP contribution is 2.24. The summed E-state index contributed by atoms with van der Waals surface area (Å²) in [5.74, 6) is 1.73. The van der Waals surface area contributed by atoms with Crippen LogP contribution in [-0.2, 0) is 0 Å². The summed E-state index contributed by atoms with van der Waals surface area (Å²) >= 11 is 0. The third kappa shape index (κ3) is 4.95. The maximum absolute atomic E-state index is 12.4. The van der Waals surface area contributed by atoms with Crippen molar-refractivity contribution in [2.45, 2.75) is 0 Å². The molecule has 0 atom stereocenters. The molecule has 0 bridgehead atoms. The minimum Gasteiger partial charge on any atom is -0.457 e. The number of para-hydroxylation sites is 2. The highest BCUT2D eigenvalue weighted by molar-refractivity contribution is 6.03. The highest BCUT2D eigenvalue weighted by atomic mass is 16.5. The molecule has 0 saturated carbocycles. The maximum atomic E-state index is 12.4. The Kier molecular flexibility index (Phi) is 5.43. The molecule has 0 radical (unpaired) electrons. The Labute approximate surface area is 168 Å². The van der Waals surface area contributed by atoms with E-state index < -0.39 is 0 Å². The molecular formula is C23H18N4O2. The quantitative estimate of drug-likeness (QED) is 0.475. The molecule has 0 aliphatic heterocycles. The summed E-state index contributed by atoms with van der Waals surface area (Å²) < 4.78 is 5.78. The lowest BCUT2D eigenvalue weighted by Crippen LogP contribution is -2.14. The summed E-state index contributed by atoms with van der Waals surface area (Å²) in [4.78, 5) is 20.6. The first-order valence-corrected chi connectivity index (χ1v) is 9.05. The van der Waals surface area contributed by atoms with Crippen LogP contribution in [0.5, 0.6) is 11.5 Å². The Morgan fingerprint density at radius 2 is 1.38 bits per heavy atom. The minimum atomic E-state index is -0.298. The van der Waals surface area contributed by atoms with E-state index in [1.807, 2.05) is 84.9 Å². The van der Waals surface area contributed by atoms with Crippen molar-refractivity contribution in [3.63, 3.8) is 0 Å². The van der Waals surface area contributed by atoms with Crippen molar-refractivity contribution in [2.24, 2.45) is 0 Å². The fourth-order valence-corrected chi connectivity index (χ4v) is 2.65. The smallest absolute Gasteiger partial charge is 0.274 e. The summed E-state index contributed by atoms with van der Waals surface area (Å²) in [5, 5.41) is 5.97. The Hall–Kier alpha value is -4.19. The molecule has 0 fully saturated rings. The van der Waals surface area contributed by atoms with Crippen LogP contribution in [0, 0.1) is 0 Å². The van der Waals surface area contributed by atoms with Gasteiger partial charge in [-0.15, -0.1) is 0 Å². The van der Waals surface area contributed by atoms with E-state index in [-0.39, 0.29) is 11.6 Å². The van der Waals surface area contributed by atoms with E-state index in [4.69, 9.17) is 4.74 Å². The monoisotopic (exact) mass is 382 g/mol. The lowest BCUT2D eigenvalue weighted by Gasteiger charge is -2.09. The number of benzene rings is 3. The molecule has 1 aromatic heterocycles. The third-order valence-corrected chi connectivity index (χ3v) is 4.04. The molecule has 1 amide bonds. The van der Waals surface area contributed by atoms with Gasteiger partial charge in [0, 0.05) is 17.4 Å². The fourth-order valence-electron chi connectivity index (χ4n) is 2.65. The number of hydrogen-bond acceptors (Lipinski definition) is 5. The normalized spacial score (nSPS) is 10.2. The number of amides is 1. The number of carbonyl (C=O) groups excluding carboxylic acids is 1. The zero-order valence-electron chi connectivity index (χ0n) is 15.4. The van der Waals surface area contributed by atoms with Crippen molar-refractivity contribution in [3.8, 4) is 11.5 Å². The van der Waals surface area contributed by atoms with E-state index in [1.165, 1.54) is 6.33 Å². The van der Waals surface area contributed by atoms with Crippen LogP contribution >= 0.6 is 0 Å². The van der Waals surface area contributed by atoms with Crippen LogP contribution in [0.15, 0.2) is 97.3 Å². The Morgan fingerprint density at radius 3 is 2.10 bits per heavy atom. The van der Waals surface area contributed by atoms with Crippen LogP contribution in [0.1, 0.15) is 10.5 Å². The number of nitrogens with zero attached hydrogens (tertiary/aromatic N) is 2. The van der Waals surface area contributed by atoms with Gasteiger partial charge >= 0.3 is 0 Å². The molecular weight excluding hydrogens is 364 g/mol. The van der Waals surface area contributed by atoms with Crippen LogP contribution in [-0.4, -0.2) is 15.9 Å². The first-order valence-electron chi connectivity index (χ1n) is 9.05. The van der Waals surface area contributed by atoms with Gasteiger partial charge in [-0.2, -0.15) is 0 Å². The molecule has 0 aliphatic carbocycles. The molecule has 0 spiro atoms. The largest absolute Gasteiger partial charge is 0.457 e. The second-order valence-corrected chi connectivity index (χ2v) is 6.17. The van der Waals surface area contributed by atoms with Crippen molar-refractivity contribution in [1.82, 2.24) is 9.97 Å². The molecule has 0 saturated heterocycles. The molecule has 2 N–H and O–H groups in total. The number of nitrogens with one attached hydrogen (secondary N) is 2. The second-order valence-electron chi connectivity index (χ2n) is 6.17. The predicted molar refractivity (Wildman–Crippen MR) is 113 cm³/mol. The van der Waals surface area contributed by atoms with E-state index >= 15 is 0 Å². The Bertz CT molecular complexity index is 1080. The fraction of sp³-hybridized carbons (Fsp3) is 0. The standard InChI is InChI=1S/C23H18N4O2/c28-23(27-17-7-3-1-4-8-17)21-15-22(25-16-24-21)26-18-11-13-20(14-12-18)29-19-9-5-2-6-10-19/h1-16H,(H,27,28)(H,24,25,26). The molecule has 6 nitrogen and oxygen atoms in total. The van der Waals surface area contributed by atoms with Crippen LogP contribution in [0.2, 0.25) is 0 Å². The first kappa shape index (κ1) is 18.2. The topological polar surface area (TPSA) is 76.1 Å². The van der Waals surface area contributed by atoms with E-state index in [2.05, 4.69) is 20.6 Å². The van der Waals surface area contributed by atoms with E-state index in [0.29, 0.717) is 11.5 Å². The Morgan fingerprint density at radius 1 is 0.724 bits per heavy atom. The lowest BCUT2D eigenvalue weighted by atomic mass is 10.2. The molecule has 1 heterocycles. The van der Waals surface area contributed by atoms with E-state index in [9.17, 15) is 4.79 Å². The minimum absolute atomic E-state index is 0.274.